The van der Waals surface area contributed by atoms with Gasteiger partial charge in [0, 0.05) is 33.4 Å². The SMILES string of the molecule is CC.CCC.CCN1CC(N)(C(=O)NCCCCCCCCOC)C1. The molecule has 1 heterocycles. The Bertz CT molecular complexity index is 293. The molecule has 5 nitrogen and oxygen atoms in total. The van der Waals surface area contributed by atoms with Crippen molar-refractivity contribution in [1.82, 2.24) is 10.2 Å². The summed E-state index contributed by atoms with van der Waals surface area (Å²) in [6.45, 7) is 14.3. The number of unbranched alkanes of at least 4 members (excludes halogenated alkanes) is 5. The van der Waals surface area contributed by atoms with Crippen molar-refractivity contribution in [3.05, 3.63) is 0 Å². The van der Waals surface area contributed by atoms with E-state index in [2.05, 4.69) is 31.0 Å². The van der Waals surface area contributed by atoms with E-state index in [0.717, 1.165) is 32.5 Å². The average Bonchev–Trinajstić information content (AvgIpc) is 2.59. The van der Waals surface area contributed by atoms with Gasteiger partial charge in [-0.2, -0.15) is 0 Å². The van der Waals surface area contributed by atoms with Crippen LogP contribution < -0.4 is 11.1 Å². The summed E-state index contributed by atoms with van der Waals surface area (Å²) in [5, 5.41) is 2.97. The second-order valence-electron chi connectivity index (χ2n) is 6.54. The van der Waals surface area contributed by atoms with Crippen LogP contribution in [0.3, 0.4) is 0 Å². The summed E-state index contributed by atoms with van der Waals surface area (Å²) in [5.74, 6) is 0.0160. The highest BCUT2D eigenvalue weighted by molar-refractivity contribution is 5.87. The van der Waals surface area contributed by atoms with Crippen LogP contribution in [0.4, 0.5) is 0 Å². The lowest BCUT2D eigenvalue weighted by molar-refractivity contribution is -0.132. The Morgan fingerprint density at radius 3 is 2.00 bits per heavy atom. The lowest BCUT2D eigenvalue weighted by Crippen LogP contribution is -2.73. The predicted molar refractivity (Wildman–Crippen MR) is 109 cm³/mol. The van der Waals surface area contributed by atoms with Crippen LogP contribution in [0.15, 0.2) is 0 Å². The van der Waals surface area contributed by atoms with Gasteiger partial charge in [-0.15, -0.1) is 0 Å². The molecule has 152 valence electrons. The van der Waals surface area contributed by atoms with Crippen molar-refractivity contribution in [2.75, 3.05) is 39.9 Å². The second-order valence-corrected chi connectivity index (χ2v) is 6.54. The van der Waals surface area contributed by atoms with Crippen LogP contribution in [-0.4, -0.2) is 56.2 Å². The number of amides is 1. The van der Waals surface area contributed by atoms with Gasteiger partial charge in [-0.05, 0) is 19.4 Å². The Morgan fingerprint density at radius 1 is 1.04 bits per heavy atom. The maximum absolute atomic E-state index is 11.9. The standard InChI is InChI=1S/C15H31N3O2.C3H8.C2H6/c1-3-18-12-15(16,13-18)14(19)17-10-8-6-4-5-7-9-11-20-2;1-3-2;1-2/h3-13,16H2,1-2H3,(H,17,19);3H2,1-2H3;1-2H3. The molecule has 1 fully saturated rings. The van der Waals surface area contributed by atoms with Gasteiger partial charge < -0.3 is 15.8 Å². The third-order valence-corrected chi connectivity index (χ3v) is 3.97. The van der Waals surface area contributed by atoms with E-state index < -0.39 is 5.54 Å². The highest BCUT2D eigenvalue weighted by Gasteiger charge is 2.44. The number of nitrogens with one attached hydrogen (secondary N) is 1. The van der Waals surface area contributed by atoms with Gasteiger partial charge in [0.25, 0.3) is 0 Å². The molecule has 1 saturated heterocycles. The van der Waals surface area contributed by atoms with Crippen molar-refractivity contribution in [1.29, 1.82) is 0 Å². The number of likely N-dealkylation sites (tertiary alicyclic amines) is 1. The molecule has 0 aromatic carbocycles. The van der Waals surface area contributed by atoms with E-state index in [0.29, 0.717) is 13.1 Å². The zero-order valence-electron chi connectivity index (χ0n) is 17.8. The smallest absolute Gasteiger partial charge is 0.242 e. The lowest BCUT2D eigenvalue weighted by atomic mass is 9.90. The Morgan fingerprint density at radius 2 is 1.52 bits per heavy atom. The Balaban J connectivity index is 0. The first-order chi connectivity index (χ1) is 12.0. The van der Waals surface area contributed by atoms with Crippen molar-refractivity contribution in [2.24, 2.45) is 5.73 Å². The van der Waals surface area contributed by atoms with E-state index in [1.807, 2.05) is 13.8 Å². The molecular formula is C20H45N3O2. The number of rotatable bonds is 11. The van der Waals surface area contributed by atoms with E-state index in [-0.39, 0.29) is 5.91 Å². The first kappa shape index (κ1) is 26.6. The molecule has 1 aliphatic heterocycles. The van der Waals surface area contributed by atoms with Crippen molar-refractivity contribution in [3.63, 3.8) is 0 Å². The number of likely N-dealkylation sites (N-methyl/N-ethyl adjacent to an activating group) is 1. The van der Waals surface area contributed by atoms with Crippen molar-refractivity contribution in [3.8, 4) is 0 Å². The van der Waals surface area contributed by atoms with Gasteiger partial charge in [-0.25, -0.2) is 0 Å². The minimum atomic E-state index is -0.643. The van der Waals surface area contributed by atoms with Crippen molar-refractivity contribution < 1.29 is 9.53 Å². The van der Waals surface area contributed by atoms with Crippen LogP contribution in [0.1, 0.15) is 79.6 Å². The van der Waals surface area contributed by atoms with Crippen LogP contribution in [0, 0.1) is 0 Å². The van der Waals surface area contributed by atoms with Gasteiger partial charge in [0.2, 0.25) is 5.91 Å². The van der Waals surface area contributed by atoms with E-state index in [1.165, 1.54) is 32.1 Å². The van der Waals surface area contributed by atoms with E-state index in [4.69, 9.17) is 10.5 Å². The summed E-state index contributed by atoms with van der Waals surface area (Å²) in [6, 6.07) is 0. The maximum Gasteiger partial charge on any atom is 0.242 e. The second kappa shape index (κ2) is 18.2. The van der Waals surface area contributed by atoms with Crippen LogP contribution >= 0.6 is 0 Å². The van der Waals surface area contributed by atoms with E-state index >= 15 is 0 Å². The summed E-state index contributed by atoms with van der Waals surface area (Å²) >= 11 is 0. The van der Waals surface area contributed by atoms with Crippen molar-refractivity contribution >= 4 is 5.91 Å². The highest BCUT2D eigenvalue weighted by Crippen LogP contribution is 2.17. The molecule has 0 radical (unpaired) electrons. The molecular weight excluding hydrogens is 314 g/mol. The summed E-state index contributed by atoms with van der Waals surface area (Å²) < 4.78 is 5.01. The molecule has 0 aromatic heterocycles. The normalized spacial score (nSPS) is 15.2. The monoisotopic (exact) mass is 359 g/mol. The fourth-order valence-corrected chi connectivity index (χ4v) is 2.58. The lowest BCUT2D eigenvalue weighted by Gasteiger charge is -2.45. The quantitative estimate of drug-likeness (QED) is 0.554. The molecule has 0 bridgehead atoms. The van der Waals surface area contributed by atoms with Gasteiger partial charge in [0.05, 0.1) is 0 Å². The first-order valence-electron chi connectivity index (χ1n) is 10.3. The molecule has 25 heavy (non-hydrogen) atoms. The van der Waals surface area contributed by atoms with E-state index in [1.54, 1.807) is 7.11 Å². The number of nitrogens with two attached hydrogens (primary N) is 1. The van der Waals surface area contributed by atoms with Crippen LogP contribution in [0.25, 0.3) is 0 Å². The average molecular weight is 360 g/mol. The van der Waals surface area contributed by atoms with Gasteiger partial charge in [0.15, 0.2) is 0 Å². The molecule has 5 heteroatoms. The minimum absolute atomic E-state index is 0.0160. The van der Waals surface area contributed by atoms with E-state index in [9.17, 15) is 4.79 Å². The number of methoxy groups -OCH3 is 1. The zero-order chi connectivity index (χ0) is 19.6. The number of nitrogens with zero attached hydrogens (tertiary/aromatic N) is 1. The number of carbonyl (C=O) groups excluding carboxylic acids is 1. The molecule has 0 saturated carbocycles. The molecule has 0 aromatic rings. The molecule has 0 unspecified atom stereocenters. The van der Waals surface area contributed by atoms with Crippen molar-refractivity contribution in [2.45, 2.75) is 85.1 Å². The fraction of sp³-hybridized carbons (Fsp3) is 0.950. The molecule has 0 spiro atoms. The maximum atomic E-state index is 11.9. The molecule has 0 aliphatic carbocycles. The Labute approximate surface area is 157 Å². The van der Waals surface area contributed by atoms with Gasteiger partial charge in [-0.3, -0.25) is 9.69 Å². The number of hydrogen-bond donors (Lipinski definition) is 2. The molecule has 1 amide bonds. The summed E-state index contributed by atoms with van der Waals surface area (Å²) in [4.78, 5) is 14.1. The largest absolute Gasteiger partial charge is 0.385 e. The van der Waals surface area contributed by atoms with Gasteiger partial charge >= 0.3 is 0 Å². The highest BCUT2D eigenvalue weighted by atomic mass is 16.5. The third kappa shape index (κ3) is 13.2. The fourth-order valence-electron chi connectivity index (χ4n) is 2.58. The van der Waals surface area contributed by atoms with Crippen LogP contribution in [0.2, 0.25) is 0 Å². The molecule has 3 N–H and O–H groups in total. The summed E-state index contributed by atoms with van der Waals surface area (Å²) in [6.07, 6.45) is 8.34. The number of ether oxygens (including phenoxy) is 1. The van der Waals surface area contributed by atoms with Gasteiger partial charge in [0.1, 0.15) is 5.54 Å². The molecule has 0 atom stereocenters. The third-order valence-electron chi connectivity index (χ3n) is 3.97. The van der Waals surface area contributed by atoms with Crippen LogP contribution in [0.5, 0.6) is 0 Å². The number of hydrogen-bond acceptors (Lipinski definition) is 4. The minimum Gasteiger partial charge on any atom is -0.385 e. The molecule has 1 rings (SSSR count). The zero-order valence-corrected chi connectivity index (χ0v) is 17.8. The topological polar surface area (TPSA) is 67.6 Å². The van der Waals surface area contributed by atoms with Crippen LogP contribution in [-0.2, 0) is 9.53 Å². The predicted octanol–water partition coefficient (Wildman–Crippen LogP) is 3.57. The Kier molecular flexibility index (Phi) is 19.3. The van der Waals surface area contributed by atoms with Gasteiger partial charge in [-0.1, -0.05) is 66.7 Å². The summed E-state index contributed by atoms with van der Waals surface area (Å²) in [7, 11) is 1.74. The Hall–Kier alpha value is -0.650. The summed E-state index contributed by atoms with van der Waals surface area (Å²) in [5.41, 5.74) is 5.41. The molecule has 1 aliphatic rings. The first-order valence-corrected chi connectivity index (χ1v) is 10.3. The number of carbonyl (C=O) groups is 1.